The van der Waals surface area contributed by atoms with Crippen LogP contribution in [0.5, 0.6) is 0 Å². The van der Waals surface area contributed by atoms with Gasteiger partial charge in [-0.25, -0.2) is 4.90 Å². The van der Waals surface area contributed by atoms with Crippen LogP contribution in [0.2, 0.25) is 0 Å². The lowest BCUT2D eigenvalue weighted by Gasteiger charge is -2.30. The number of carbonyl (C=O) groups excluding carboxylic acids is 2. The molecule has 21 heavy (non-hydrogen) atoms. The fraction of sp³-hybridized carbons (Fsp3) is 0.294. The van der Waals surface area contributed by atoms with Crippen molar-refractivity contribution in [1.82, 2.24) is 0 Å². The minimum absolute atomic E-state index is 0.0232. The number of nitrogens with zero attached hydrogens (tertiary/aromatic N) is 1. The number of hydrogen-bond donors (Lipinski definition) is 0. The van der Waals surface area contributed by atoms with Crippen LogP contribution < -0.4 is 4.90 Å². The highest BCUT2D eigenvalue weighted by Gasteiger charge is 2.46. The molecular formula is C17H14BrNO2. The van der Waals surface area contributed by atoms with E-state index >= 15 is 0 Å². The van der Waals surface area contributed by atoms with Gasteiger partial charge in [0.25, 0.3) is 0 Å². The van der Waals surface area contributed by atoms with Crippen LogP contribution in [-0.4, -0.2) is 11.8 Å². The van der Waals surface area contributed by atoms with Gasteiger partial charge >= 0.3 is 0 Å². The summed E-state index contributed by atoms with van der Waals surface area (Å²) in [5.74, 6) is -0.00679. The monoisotopic (exact) mass is 343 g/mol. The molecule has 2 aliphatic rings. The van der Waals surface area contributed by atoms with Crippen molar-refractivity contribution in [1.29, 1.82) is 0 Å². The van der Waals surface area contributed by atoms with E-state index < -0.39 is 0 Å². The zero-order valence-corrected chi connectivity index (χ0v) is 13.0. The van der Waals surface area contributed by atoms with Crippen LogP contribution in [0.3, 0.4) is 0 Å². The van der Waals surface area contributed by atoms with E-state index in [9.17, 15) is 9.59 Å². The van der Waals surface area contributed by atoms with E-state index in [4.69, 9.17) is 0 Å². The van der Waals surface area contributed by atoms with Crippen LogP contribution in [0.25, 0.3) is 10.8 Å². The van der Waals surface area contributed by atoms with Crippen molar-refractivity contribution >= 4 is 44.2 Å². The van der Waals surface area contributed by atoms with Crippen molar-refractivity contribution in [3.05, 3.63) is 40.9 Å². The molecule has 1 aliphatic carbocycles. The minimum Gasteiger partial charge on any atom is -0.274 e. The summed E-state index contributed by atoms with van der Waals surface area (Å²) >= 11 is 3.53. The second-order valence-corrected chi connectivity index (χ2v) is 6.69. The minimum atomic E-state index is -0.0266. The molecule has 0 spiro atoms. The van der Waals surface area contributed by atoms with Gasteiger partial charge in [-0.2, -0.15) is 0 Å². The van der Waals surface area contributed by atoms with Gasteiger partial charge in [-0.3, -0.25) is 9.59 Å². The van der Waals surface area contributed by atoms with E-state index in [1.807, 2.05) is 36.4 Å². The maximum Gasteiger partial charge on any atom is 0.236 e. The Labute approximate surface area is 131 Å². The molecule has 0 aromatic heterocycles. The maximum atomic E-state index is 12.6. The van der Waals surface area contributed by atoms with Crippen molar-refractivity contribution in [3.63, 3.8) is 0 Å². The third kappa shape index (κ3) is 1.85. The van der Waals surface area contributed by atoms with Crippen LogP contribution in [-0.2, 0) is 9.59 Å². The van der Waals surface area contributed by atoms with Crippen LogP contribution in [0.15, 0.2) is 40.9 Å². The fourth-order valence-corrected chi connectivity index (χ4v) is 4.06. The third-order valence-corrected chi connectivity index (χ3v) is 5.35. The molecule has 2 atom stereocenters. The van der Waals surface area contributed by atoms with E-state index in [0.717, 1.165) is 40.2 Å². The largest absolute Gasteiger partial charge is 0.274 e. The molecular weight excluding hydrogens is 330 g/mol. The summed E-state index contributed by atoms with van der Waals surface area (Å²) in [5.41, 5.74) is 0.723. The number of halogens is 1. The zero-order valence-electron chi connectivity index (χ0n) is 11.4. The summed E-state index contributed by atoms with van der Waals surface area (Å²) < 4.78 is 0.974. The second-order valence-electron chi connectivity index (χ2n) is 5.83. The van der Waals surface area contributed by atoms with Gasteiger partial charge in [0, 0.05) is 21.7 Å². The van der Waals surface area contributed by atoms with Crippen molar-refractivity contribution in [2.24, 2.45) is 11.8 Å². The first-order valence-electron chi connectivity index (χ1n) is 7.22. The Morgan fingerprint density at radius 2 is 1.52 bits per heavy atom. The first kappa shape index (κ1) is 13.0. The molecule has 2 aromatic carbocycles. The molecule has 2 amide bonds. The predicted molar refractivity (Wildman–Crippen MR) is 85.0 cm³/mol. The number of imide groups is 1. The lowest BCUT2D eigenvalue weighted by atomic mass is 9.95. The van der Waals surface area contributed by atoms with Crippen LogP contribution in [0.1, 0.15) is 19.3 Å². The molecule has 2 bridgehead atoms. The van der Waals surface area contributed by atoms with Gasteiger partial charge in [0.05, 0.1) is 5.69 Å². The molecule has 106 valence electrons. The number of benzene rings is 2. The summed E-state index contributed by atoms with van der Waals surface area (Å²) in [6.07, 6.45) is 2.43. The van der Waals surface area contributed by atoms with E-state index in [1.165, 1.54) is 4.90 Å². The predicted octanol–water partition coefficient (Wildman–Crippen LogP) is 3.89. The first-order chi connectivity index (χ1) is 10.2. The Hall–Kier alpha value is -1.68. The molecule has 2 unspecified atom stereocenters. The highest BCUT2D eigenvalue weighted by molar-refractivity contribution is 9.10. The van der Waals surface area contributed by atoms with Gasteiger partial charge < -0.3 is 0 Å². The molecule has 1 aliphatic heterocycles. The van der Waals surface area contributed by atoms with E-state index in [1.54, 1.807) is 0 Å². The Bertz CT molecular complexity index is 748. The van der Waals surface area contributed by atoms with Crippen LogP contribution >= 0.6 is 15.9 Å². The summed E-state index contributed by atoms with van der Waals surface area (Å²) in [6.45, 7) is 0. The number of carbonyl (C=O) groups is 2. The van der Waals surface area contributed by atoms with Crippen molar-refractivity contribution in [2.75, 3.05) is 4.90 Å². The van der Waals surface area contributed by atoms with Gasteiger partial charge in [0.2, 0.25) is 11.8 Å². The molecule has 2 fully saturated rings. The Kier molecular flexibility index (Phi) is 2.89. The molecule has 1 saturated heterocycles. The van der Waals surface area contributed by atoms with Crippen molar-refractivity contribution in [3.8, 4) is 0 Å². The standard InChI is InChI=1S/C17H14BrNO2/c18-14-7-8-15(13-4-2-1-3-12(13)14)19-16(20)10-5-6-11(9-10)17(19)21/h1-4,7-8,10-11H,5-6,9H2. The van der Waals surface area contributed by atoms with E-state index in [-0.39, 0.29) is 23.7 Å². The number of piperidine rings is 1. The Morgan fingerprint density at radius 1 is 0.905 bits per heavy atom. The topological polar surface area (TPSA) is 37.4 Å². The van der Waals surface area contributed by atoms with Gasteiger partial charge in [-0.15, -0.1) is 0 Å². The van der Waals surface area contributed by atoms with Gasteiger partial charge in [0.1, 0.15) is 0 Å². The van der Waals surface area contributed by atoms with Gasteiger partial charge in [0.15, 0.2) is 0 Å². The van der Waals surface area contributed by atoms with E-state index in [2.05, 4.69) is 15.9 Å². The molecule has 2 aromatic rings. The number of rotatable bonds is 1. The molecule has 3 nitrogen and oxygen atoms in total. The maximum absolute atomic E-state index is 12.6. The lowest BCUT2D eigenvalue weighted by Crippen LogP contribution is -2.46. The quantitative estimate of drug-likeness (QED) is 0.736. The van der Waals surface area contributed by atoms with E-state index in [0.29, 0.717) is 0 Å². The number of anilines is 1. The summed E-state index contributed by atoms with van der Waals surface area (Å²) in [4.78, 5) is 26.7. The molecule has 1 saturated carbocycles. The van der Waals surface area contributed by atoms with Crippen LogP contribution in [0.4, 0.5) is 5.69 Å². The normalized spacial score (nSPS) is 24.9. The summed E-state index contributed by atoms with van der Waals surface area (Å²) in [7, 11) is 0. The highest BCUT2D eigenvalue weighted by atomic mass is 79.9. The fourth-order valence-electron chi connectivity index (χ4n) is 3.58. The molecule has 4 rings (SSSR count). The second kappa shape index (κ2) is 4.67. The number of hydrogen-bond acceptors (Lipinski definition) is 2. The highest BCUT2D eigenvalue weighted by Crippen LogP contribution is 2.42. The zero-order chi connectivity index (χ0) is 14.6. The van der Waals surface area contributed by atoms with Crippen LogP contribution in [0, 0.1) is 11.8 Å². The smallest absolute Gasteiger partial charge is 0.236 e. The molecule has 4 heteroatoms. The first-order valence-corrected chi connectivity index (χ1v) is 8.01. The summed E-state index contributed by atoms with van der Waals surface area (Å²) in [5, 5.41) is 1.96. The third-order valence-electron chi connectivity index (χ3n) is 4.66. The van der Waals surface area contributed by atoms with Gasteiger partial charge in [-0.1, -0.05) is 40.2 Å². The lowest BCUT2D eigenvalue weighted by molar-refractivity contribution is -0.132. The number of amides is 2. The number of fused-ring (bicyclic) bond motifs is 3. The Morgan fingerprint density at radius 3 is 2.19 bits per heavy atom. The van der Waals surface area contributed by atoms with Crippen molar-refractivity contribution < 1.29 is 9.59 Å². The Balaban J connectivity index is 1.92. The van der Waals surface area contributed by atoms with Gasteiger partial charge in [-0.05, 0) is 36.8 Å². The average molecular weight is 344 g/mol. The van der Waals surface area contributed by atoms with Crippen molar-refractivity contribution in [2.45, 2.75) is 19.3 Å². The molecule has 1 heterocycles. The SMILES string of the molecule is O=C1C2CCC(C2)C(=O)N1c1ccc(Br)c2ccccc12. The average Bonchev–Trinajstić information content (AvgIpc) is 2.95. The summed E-state index contributed by atoms with van der Waals surface area (Å²) in [6, 6.07) is 11.6. The molecule has 0 N–H and O–H groups in total. The molecule has 0 radical (unpaired) electrons.